The highest BCUT2D eigenvalue weighted by Gasteiger charge is 1.82. The van der Waals surface area contributed by atoms with Crippen LogP contribution >= 0.6 is 0 Å². The standard InChI is InChI=1S/C7H7O.H2O/c8-6-7-4-2-1-3-5-7;/h1-5H,6H2;1H2. The molecule has 1 rings (SSSR count). The van der Waals surface area contributed by atoms with Crippen molar-refractivity contribution in [2.45, 2.75) is 6.61 Å². The van der Waals surface area contributed by atoms with Gasteiger partial charge in [-0.15, -0.1) is 0 Å². The molecule has 0 unspecified atom stereocenters. The molecule has 0 aliphatic heterocycles. The Bertz CT molecular complexity index is 148. The molecule has 0 amide bonds. The lowest BCUT2D eigenvalue weighted by Gasteiger charge is -1.87. The van der Waals surface area contributed by atoms with Crippen LogP contribution in [-0.2, 0) is 11.7 Å². The van der Waals surface area contributed by atoms with Crippen LogP contribution in [0.5, 0.6) is 0 Å². The summed E-state index contributed by atoms with van der Waals surface area (Å²) in [6.45, 7) is -0.110. The molecule has 2 heteroatoms. The Morgan fingerprint density at radius 2 is 1.67 bits per heavy atom. The van der Waals surface area contributed by atoms with Crippen molar-refractivity contribution in [3.63, 3.8) is 0 Å². The molecule has 0 bridgehead atoms. The number of hydrogen-bond acceptors (Lipinski definition) is 0. The number of rotatable bonds is 1. The van der Waals surface area contributed by atoms with E-state index in [2.05, 4.69) is 0 Å². The molecule has 1 aromatic rings. The maximum absolute atomic E-state index is 10.1. The topological polar surface area (TPSA) is 51.4 Å². The molecule has 0 saturated heterocycles. The normalized spacial score (nSPS) is 8.11. The van der Waals surface area contributed by atoms with E-state index in [0.29, 0.717) is 0 Å². The first-order valence-electron chi connectivity index (χ1n) is 2.55. The summed E-state index contributed by atoms with van der Waals surface area (Å²) in [7, 11) is 0. The van der Waals surface area contributed by atoms with Gasteiger partial charge in [0.05, 0.1) is 0 Å². The van der Waals surface area contributed by atoms with Crippen LogP contribution in [0.3, 0.4) is 0 Å². The summed E-state index contributed by atoms with van der Waals surface area (Å²) < 4.78 is 0. The smallest absolute Gasteiger partial charge is 0.107 e. The molecular weight excluding hydrogens is 116 g/mol. The zero-order valence-corrected chi connectivity index (χ0v) is 5.00. The molecule has 0 saturated carbocycles. The fourth-order valence-corrected chi connectivity index (χ4v) is 0.574. The van der Waals surface area contributed by atoms with Gasteiger partial charge in [-0.05, 0) is 5.56 Å². The largest absolute Gasteiger partial charge is 0.412 e. The van der Waals surface area contributed by atoms with Crippen molar-refractivity contribution >= 4 is 0 Å². The van der Waals surface area contributed by atoms with Crippen molar-refractivity contribution in [1.82, 2.24) is 0 Å². The summed E-state index contributed by atoms with van der Waals surface area (Å²) in [6.07, 6.45) is 0. The molecule has 0 aliphatic rings. The minimum atomic E-state index is -0.110. The van der Waals surface area contributed by atoms with E-state index in [0.717, 1.165) is 5.56 Å². The zero-order valence-electron chi connectivity index (χ0n) is 5.00. The Labute approximate surface area is 54.1 Å². The fraction of sp³-hybridized carbons (Fsp3) is 0.143. The molecular formula is C7H9O2. The van der Waals surface area contributed by atoms with E-state index in [4.69, 9.17) is 0 Å². The van der Waals surface area contributed by atoms with Gasteiger partial charge in [-0.25, -0.2) is 5.11 Å². The Morgan fingerprint density at radius 1 is 1.11 bits per heavy atom. The first-order valence-corrected chi connectivity index (χ1v) is 2.55. The van der Waals surface area contributed by atoms with Crippen LogP contribution in [0.1, 0.15) is 5.56 Å². The van der Waals surface area contributed by atoms with Crippen molar-refractivity contribution < 1.29 is 10.6 Å². The zero-order chi connectivity index (χ0) is 5.82. The molecule has 1 radical (unpaired) electrons. The van der Waals surface area contributed by atoms with Gasteiger partial charge in [0.15, 0.2) is 0 Å². The molecule has 2 nitrogen and oxygen atoms in total. The minimum Gasteiger partial charge on any atom is -0.412 e. The second-order valence-electron chi connectivity index (χ2n) is 1.63. The molecule has 0 atom stereocenters. The average molecular weight is 125 g/mol. The lowest BCUT2D eigenvalue weighted by Crippen LogP contribution is -1.75. The van der Waals surface area contributed by atoms with Gasteiger partial charge in [-0.1, -0.05) is 30.3 Å². The molecule has 0 heterocycles. The van der Waals surface area contributed by atoms with E-state index < -0.39 is 0 Å². The highest BCUT2D eigenvalue weighted by Crippen LogP contribution is 1.95. The van der Waals surface area contributed by atoms with Crippen LogP contribution in [0, 0.1) is 0 Å². The third-order valence-electron chi connectivity index (χ3n) is 1.01. The maximum Gasteiger partial charge on any atom is 0.107 e. The molecule has 1 aromatic carbocycles. The summed E-state index contributed by atoms with van der Waals surface area (Å²) in [5.74, 6) is 0. The van der Waals surface area contributed by atoms with Gasteiger partial charge in [-0.3, -0.25) is 0 Å². The Kier molecular flexibility index (Phi) is 3.67. The van der Waals surface area contributed by atoms with Crippen LogP contribution < -0.4 is 0 Å². The van der Waals surface area contributed by atoms with E-state index in [1.807, 2.05) is 30.3 Å². The predicted octanol–water partition coefficient (Wildman–Crippen LogP) is 0.792. The minimum absolute atomic E-state index is 0. The van der Waals surface area contributed by atoms with Gasteiger partial charge in [-0.2, -0.15) is 0 Å². The molecule has 49 valence electrons. The van der Waals surface area contributed by atoms with E-state index in [-0.39, 0.29) is 12.1 Å². The first-order chi connectivity index (χ1) is 3.93. The average Bonchev–Trinajstić information content (AvgIpc) is 1.90. The molecule has 0 fully saturated rings. The van der Waals surface area contributed by atoms with Crippen molar-refractivity contribution in [3.8, 4) is 0 Å². The van der Waals surface area contributed by atoms with E-state index in [1.54, 1.807) is 0 Å². The van der Waals surface area contributed by atoms with Crippen LogP contribution in [-0.4, -0.2) is 5.48 Å². The van der Waals surface area contributed by atoms with Crippen LogP contribution in [0.4, 0.5) is 0 Å². The van der Waals surface area contributed by atoms with Gasteiger partial charge in [0.2, 0.25) is 0 Å². The lowest BCUT2D eigenvalue weighted by atomic mass is 10.2. The first kappa shape index (κ1) is 8.14. The van der Waals surface area contributed by atoms with Crippen LogP contribution in [0.25, 0.3) is 0 Å². The summed E-state index contributed by atoms with van der Waals surface area (Å²) in [5, 5.41) is 10.1. The predicted molar refractivity (Wildman–Crippen MR) is 34.4 cm³/mol. The van der Waals surface area contributed by atoms with Crippen molar-refractivity contribution in [2.75, 3.05) is 0 Å². The number of benzene rings is 1. The molecule has 9 heavy (non-hydrogen) atoms. The Balaban J connectivity index is 0.000000640. The summed E-state index contributed by atoms with van der Waals surface area (Å²) >= 11 is 0. The van der Waals surface area contributed by atoms with Gasteiger partial charge < -0.3 is 5.48 Å². The van der Waals surface area contributed by atoms with E-state index >= 15 is 0 Å². The Morgan fingerprint density at radius 3 is 2.00 bits per heavy atom. The lowest BCUT2D eigenvalue weighted by molar-refractivity contribution is 0.177. The monoisotopic (exact) mass is 125 g/mol. The molecule has 2 N–H and O–H groups in total. The fourth-order valence-electron chi connectivity index (χ4n) is 0.574. The summed E-state index contributed by atoms with van der Waals surface area (Å²) in [6, 6.07) is 9.29. The summed E-state index contributed by atoms with van der Waals surface area (Å²) in [5.41, 5.74) is 0.854. The van der Waals surface area contributed by atoms with Crippen molar-refractivity contribution in [2.24, 2.45) is 0 Å². The van der Waals surface area contributed by atoms with E-state index in [1.165, 1.54) is 0 Å². The highest BCUT2D eigenvalue weighted by molar-refractivity contribution is 5.12. The molecule has 0 spiro atoms. The van der Waals surface area contributed by atoms with Crippen molar-refractivity contribution in [3.05, 3.63) is 35.9 Å². The third kappa shape index (κ3) is 2.26. The SMILES string of the molecule is O.[O]Cc1ccccc1. The number of hydrogen-bond donors (Lipinski definition) is 0. The van der Waals surface area contributed by atoms with Crippen LogP contribution in [0.2, 0.25) is 0 Å². The second-order valence-corrected chi connectivity index (χ2v) is 1.63. The third-order valence-corrected chi connectivity index (χ3v) is 1.01. The van der Waals surface area contributed by atoms with Crippen molar-refractivity contribution in [1.29, 1.82) is 0 Å². The maximum atomic E-state index is 10.1. The summed E-state index contributed by atoms with van der Waals surface area (Å²) in [4.78, 5) is 0. The molecule has 0 aliphatic carbocycles. The second kappa shape index (κ2) is 4.06. The van der Waals surface area contributed by atoms with Crippen LogP contribution in [0.15, 0.2) is 30.3 Å². The Hall–Kier alpha value is -0.860. The quantitative estimate of drug-likeness (QED) is 0.533. The van der Waals surface area contributed by atoms with Gasteiger partial charge in [0.1, 0.15) is 6.61 Å². The molecule has 0 aromatic heterocycles. The van der Waals surface area contributed by atoms with Gasteiger partial charge in [0.25, 0.3) is 0 Å². The van der Waals surface area contributed by atoms with Gasteiger partial charge in [0, 0.05) is 0 Å². The highest BCUT2D eigenvalue weighted by atomic mass is 16.3. The van der Waals surface area contributed by atoms with Gasteiger partial charge >= 0.3 is 0 Å². The van der Waals surface area contributed by atoms with E-state index in [9.17, 15) is 5.11 Å².